The van der Waals surface area contributed by atoms with Crippen LogP contribution >= 0.6 is 11.6 Å². The maximum atomic E-state index is 15.0. The third-order valence-electron chi connectivity index (χ3n) is 10.0. The van der Waals surface area contributed by atoms with E-state index in [0.717, 1.165) is 73.5 Å². The van der Waals surface area contributed by atoms with Crippen molar-refractivity contribution in [2.75, 3.05) is 11.9 Å². The maximum Gasteiger partial charge on any atom is 0.255 e. The quantitative estimate of drug-likeness (QED) is 0.204. The summed E-state index contributed by atoms with van der Waals surface area (Å²) in [7, 11) is 1.97. The predicted octanol–water partition coefficient (Wildman–Crippen LogP) is 4.33. The van der Waals surface area contributed by atoms with Gasteiger partial charge in [0.15, 0.2) is 0 Å². The molecule has 3 fully saturated rings. The molecule has 4 heterocycles. The molecule has 3 N–H and O–H groups in total. The van der Waals surface area contributed by atoms with Gasteiger partial charge < -0.3 is 15.5 Å². The Hall–Kier alpha value is -3.90. The van der Waals surface area contributed by atoms with Crippen molar-refractivity contribution in [3.8, 4) is 11.3 Å². The Balaban J connectivity index is 0.874. The first-order chi connectivity index (χ1) is 22.7. The van der Waals surface area contributed by atoms with Crippen LogP contribution in [0.25, 0.3) is 11.3 Å². The standard InChI is InChI=1S/C34H40ClFN8O3/c1-43-29(13-19-4-5-19)25(16-39-43)31-26(35)17-38-34(42-31)40-23-8-6-22(7-9-23)37-12-2-3-20-14-21-18-44(33(47)24(21)15-27(20)36)28-10-11-30(45)41-32(28)46/h14-17,19,22-23,28,37H,2-13,18H2,1H3,(H,38,40,42)(H,41,45,46). The van der Waals surface area contributed by atoms with E-state index in [1.807, 2.05) is 17.9 Å². The van der Waals surface area contributed by atoms with Crippen molar-refractivity contribution in [3.63, 3.8) is 0 Å². The van der Waals surface area contributed by atoms with Gasteiger partial charge in [0.25, 0.3) is 5.91 Å². The van der Waals surface area contributed by atoms with Crippen molar-refractivity contribution in [2.45, 2.75) is 95.3 Å². The van der Waals surface area contributed by atoms with Crippen molar-refractivity contribution in [3.05, 3.63) is 57.8 Å². The zero-order valence-electron chi connectivity index (χ0n) is 26.5. The molecule has 13 heteroatoms. The summed E-state index contributed by atoms with van der Waals surface area (Å²) in [5.41, 5.74) is 4.47. The summed E-state index contributed by atoms with van der Waals surface area (Å²) < 4.78 is 16.9. The molecule has 11 nitrogen and oxygen atoms in total. The first-order valence-electron chi connectivity index (χ1n) is 16.7. The number of benzene rings is 1. The van der Waals surface area contributed by atoms with Crippen molar-refractivity contribution in [2.24, 2.45) is 13.0 Å². The fraction of sp³-hybridized carbons (Fsp3) is 0.529. The third kappa shape index (κ3) is 6.89. The van der Waals surface area contributed by atoms with Crippen LogP contribution in [0.15, 0.2) is 24.5 Å². The Morgan fingerprint density at radius 2 is 1.81 bits per heavy atom. The molecule has 47 heavy (non-hydrogen) atoms. The van der Waals surface area contributed by atoms with Crippen LogP contribution in [0.5, 0.6) is 0 Å². The van der Waals surface area contributed by atoms with Crippen LogP contribution in [-0.4, -0.2) is 67.0 Å². The Labute approximate surface area is 278 Å². The Morgan fingerprint density at radius 1 is 1.02 bits per heavy atom. The molecule has 1 unspecified atom stereocenters. The average molecular weight is 663 g/mol. The van der Waals surface area contributed by atoms with Gasteiger partial charge in [0, 0.05) is 48.9 Å². The van der Waals surface area contributed by atoms with Crippen LogP contribution in [0.1, 0.15) is 85.0 Å². The lowest BCUT2D eigenvalue weighted by atomic mass is 9.91. The molecule has 3 aromatic rings. The number of halogens is 2. The van der Waals surface area contributed by atoms with Crippen LogP contribution < -0.4 is 16.0 Å². The second-order valence-corrected chi connectivity index (χ2v) is 13.8. The average Bonchev–Trinajstić information content (AvgIpc) is 3.74. The van der Waals surface area contributed by atoms with Crippen LogP contribution in [-0.2, 0) is 36.0 Å². The molecule has 0 bridgehead atoms. The Morgan fingerprint density at radius 3 is 2.57 bits per heavy atom. The molecule has 0 spiro atoms. The predicted molar refractivity (Wildman–Crippen MR) is 174 cm³/mol. The second-order valence-electron chi connectivity index (χ2n) is 13.4. The number of nitrogens with zero attached hydrogens (tertiary/aromatic N) is 5. The van der Waals surface area contributed by atoms with E-state index in [9.17, 15) is 18.8 Å². The molecular weight excluding hydrogens is 623 g/mol. The van der Waals surface area contributed by atoms with E-state index >= 15 is 0 Å². The molecule has 2 aromatic heterocycles. The minimum absolute atomic E-state index is 0.187. The van der Waals surface area contributed by atoms with Gasteiger partial charge in [-0.25, -0.2) is 14.4 Å². The highest BCUT2D eigenvalue weighted by Crippen LogP contribution is 2.37. The number of anilines is 1. The van der Waals surface area contributed by atoms with E-state index in [0.29, 0.717) is 34.6 Å². The summed E-state index contributed by atoms with van der Waals surface area (Å²) in [6.07, 6.45) is 12.8. The molecule has 1 atom stereocenters. The van der Waals surface area contributed by atoms with Gasteiger partial charge in [-0.1, -0.05) is 17.7 Å². The zero-order valence-corrected chi connectivity index (χ0v) is 27.3. The highest BCUT2D eigenvalue weighted by molar-refractivity contribution is 6.33. The van der Waals surface area contributed by atoms with Crippen LogP contribution in [0, 0.1) is 11.7 Å². The topological polar surface area (TPSA) is 134 Å². The van der Waals surface area contributed by atoms with E-state index in [2.05, 4.69) is 26.0 Å². The van der Waals surface area contributed by atoms with Gasteiger partial charge in [0.05, 0.1) is 23.1 Å². The van der Waals surface area contributed by atoms with Crippen molar-refractivity contribution in [1.29, 1.82) is 0 Å². The second kappa shape index (κ2) is 13.3. The van der Waals surface area contributed by atoms with E-state index in [-0.39, 0.29) is 37.2 Å². The molecule has 4 aliphatic rings. The van der Waals surface area contributed by atoms with Crippen LogP contribution in [0.3, 0.4) is 0 Å². The molecule has 7 rings (SSSR count). The lowest BCUT2D eigenvalue weighted by Crippen LogP contribution is -2.52. The summed E-state index contributed by atoms with van der Waals surface area (Å²) in [6, 6.07) is 3.02. The van der Waals surface area contributed by atoms with Gasteiger partial charge >= 0.3 is 0 Å². The summed E-state index contributed by atoms with van der Waals surface area (Å²) in [5.74, 6) is -0.254. The van der Waals surface area contributed by atoms with E-state index in [1.54, 1.807) is 12.3 Å². The highest BCUT2D eigenvalue weighted by Gasteiger charge is 2.39. The molecule has 2 aliphatic carbocycles. The van der Waals surface area contributed by atoms with E-state index in [1.165, 1.54) is 23.8 Å². The number of aromatic nitrogens is 4. The number of imide groups is 1. The molecule has 3 amide bonds. The summed E-state index contributed by atoms with van der Waals surface area (Å²) in [4.78, 5) is 47.5. The summed E-state index contributed by atoms with van der Waals surface area (Å²) >= 11 is 6.55. The molecule has 2 aliphatic heterocycles. The number of piperidine rings is 1. The van der Waals surface area contributed by atoms with Gasteiger partial charge in [-0.15, -0.1) is 0 Å². The van der Waals surface area contributed by atoms with Gasteiger partial charge in [0.2, 0.25) is 17.8 Å². The molecule has 248 valence electrons. The van der Waals surface area contributed by atoms with Gasteiger partial charge in [0.1, 0.15) is 11.9 Å². The van der Waals surface area contributed by atoms with Crippen molar-refractivity contribution in [1.82, 2.24) is 35.3 Å². The van der Waals surface area contributed by atoms with Crippen LogP contribution in [0.4, 0.5) is 10.3 Å². The molecule has 0 radical (unpaired) electrons. The zero-order chi connectivity index (χ0) is 32.7. The van der Waals surface area contributed by atoms with E-state index < -0.39 is 17.8 Å². The molecule has 2 saturated carbocycles. The normalized spacial score (nSPS) is 22.8. The third-order valence-corrected chi connectivity index (χ3v) is 10.3. The number of hydrogen-bond acceptors (Lipinski definition) is 8. The number of nitrogens with one attached hydrogen (secondary N) is 3. The lowest BCUT2D eigenvalue weighted by molar-refractivity contribution is -0.136. The largest absolute Gasteiger partial charge is 0.351 e. The first kappa shape index (κ1) is 31.7. The number of amides is 3. The Kier molecular flexibility index (Phi) is 8.97. The van der Waals surface area contributed by atoms with Crippen LogP contribution in [0.2, 0.25) is 5.02 Å². The highest BCUT2D eigenvalue weighted by atomic mass is 35.5. The minimum Gasteiger partial charge on any atom is -0.351 e. The fourth-order valence-electron chi connectivity index (χ4n) is 7.17. The van der Waals surface area contributed by atoms with E-state index in [4.69, 9.17) is 16.6 Å². The molecule has 1 saturated heterocycles. The number of carbonyl (C=O) groups is 3. The number of fused-ring (bicyclic) bond motifs is 1. The number of aryl methyl sites for hydroxylation is 2. The number of rotatable bonds is 11. The van der Waals surface area contributed by atoms with Gasteiger partial charge in [-0.3, -0.25) is 24.4 Å². The fourth-order valence-corrected chi connectivity index (χ4v) is 7.36. The summed E-state index contributed by atoms with van der Waals surface area (Å²) in [6.45, 7) is 1.01. The van der Waals surface area contributed by atoms with Crippen molar-refractivity contribution >= 4 is 35.3 Å². The number of carbonyl (C=O) groups excluding carboxylic acids is 3. The maximum absolute atomic E-state index is 15.0. The van der Waals surface area contributed by atoms with Crippen molar-refractivity contribution < 1.29 is 18.8 Å². The van der Waals surface area contributed by atoms with Gasteiger partial charge in [-0.05, 0) is 93.9 Å². The lowest BCUT2D eigenvalue weighted by Gasteiger charge is -2.30. The minimum atomic E-state index is -0.707. The first-order valence-corrected chi connectivity index (χ1v) is 17.1. The van der Waals surface area contributed by atoms with Gasteiger partial charge in [-0.2, -0.15) is 5.10 Å². The smallest absolute Gasteiger partial charge is 0.255 e. The summed E-state index contributed by atoms with van der Waals surface area (Å²) in [5, 5.41) is 14.5. The SMILES string of the molecule is Cn1ncc(-c2nc(NC3CCC(NCCCc4cc5c(cc4F)C(=O)N(C4CCC(=O)NC4=O)C5)CC3)ncc2Cl)c1CC1CC1. The number of hydrogen-bond donors (Lipinski definition) is 3. The Bertz CT molecular complexity index is 1700. The molecule has 1 aromatic carbocycles. The monoisotopic (exact) mass is 662 g/mol. The molecular formula is C34H40ClFN8O3.